The van der Waals surface area contributed by atoms with Crippen LogP contribution in [-0.2, 0) is 6.54 Å². The SMILES string of the molecule is Cc1c(O)n(-c2ccc(SC(F)(F)F)cc2)c(=O)n1Cc1ccncc1. The van der Waals surface area contributed by atoms with Gasteiger partial charge in [-0.2, -0.15) is 13.2 Å². The molecule has 9 heteroatoms. The molecular weight excluding hydrogens is 367 g/mol. The number of imidazole rings is 1. The van der Waals surface area contributed by atoms with Crippen molar-refractivity contribution in [1.82, 2.24) is 14.1 Å². The number of nitrogens with zero attached hydrogens (tertiary/aromatic N) is 3. The summed E-state index contributed by atoms with van der Waals surface area (Å²) in [6.07, 6.45) is 3.20. The normalized spacial score (nSPS) is 11.7. The van der Waals surface area contributed by atoms with Crippen LogP contribution in [-0.4, -0.2) is 24.7 Å². The van der Waals surface area contributed by atoms with Gasteiger partial charge in [-0.05, 0) is 60.6 Å². The summed E-state index contributed by atoms with van der Waals surface area (Å²) in [7, 11) is 0. The van der Waals surface area contributed by atoms with Crippen LogP contribution < -0.4 is 5.69 Å². The molecule has 3 aromatic rings. The van der Waals surface area contributed by atoms with Crippen LogP contribution in [0.2, 0.25) is 0 Å². The summed E-state index contributed by atoms with van der Waals surface area (Å²) in [5, 5.41) is 10.3. The zero-order chi connectivity index (χ0) is 18.9. The van der Waals surface area contributed by atoms with Crippen LogP contribution in [0, 0.1) is 6.92 Å². The standard InChI is InChI=1S/C17H14F3N3O2S/c1-11-15(24)23(13-2-4-14(5-3-13)26-17(18,19)20)16(25)22(11)10-12-6-8-21-9-7-12/h2-9,24H,10H2,1H3. The van der Waals surface area contributed by atoms with Crippen molar-refractivity contribution in [3.8, 4) is 11.6 Å². The minimum absolute atomic E-state index is 0.00160. The van der Waals surface area contributed by atoms with E-state index in [1.807, 2.05) is 0 Å². The monoisotopic (exact) mass is 381 g/mol. The Morgan fingerprint density at radius 3 is 2.31 bits per heavy atom. The van der Waals surface area contributed by atoms with Gasteiger partial charge in [-0.3, -0.25) is 9.55 Å². The van der Waals surface area contributed by atoms with Crippen molar-refractivity contribution in [3.05, 3.63) is 70.5 Å². The molecule has 0 spiro atoms. The Labute approximate surface area is 150 Å². The van der Waals surface area contributed by atoms with Crippen molar-refractivity contribution in [2.24, 2.45) is 0 Å². The molecule has 136 valence electrons. The highest BCUT2D eigenvalue weighted by atomic mass is 32.2. The molecule has 2 heterocycles. The summed E-state index contributed by atoms with van der Waals surface area (Å²) < 4.78 is 39.7. The lowest BCUT2D eigenvalue weighted by atomic mass is 10.2. The molecule has 0 aliphatic carbocycles. The Morgan fingerprint density at radius 2 is 1.73 bits per heavy atom. The van der Waals surface area contributed by atoms with Crippen molar-refractivity contribution < 1.29 is 18.3 Å². The lowest BCUT2D eigenvalue weighted by Crippen LogP contribution is -2.24. The Bertz CT molecular complexity index is 964. The van der Waals surface area contributed by atoms with E-state index in [0.717, 1.165) is 10.1 Å². The molecule has 2 aromatic heterocycles. The van der Waals surface area contributed by atoms with E-state index in [1.54, 1.807) is 31.5 Å². The second kappa shape index (κ2) is 6.91. The number of alkyl halides is 3. The van der Waals surface area contributed by atoms with E-state index < -0.39 is 11.2 Å². The number of hydrogen-bond donors (Lipinski definition) is 1. The molecule has 0 saturated carbocycles. The molecule has 0 unspecified atom stereocenters. The largest absolute Gasteiger partial charge is 0.493 e. The number of halogens is 3. The first-order valence-electron chi connectivity index (χ1n) is 7.52. The molecule has 1 aromatic carbocycles. The van der Waals surface area contributed by atoms with Crippen LogP contribution in [0.25, 0.3) is 5.69 Å². The molecule has 26 heavy (non-hydrogen) atoms. The number of pyridine rings is 1. The molecular formula is C17H14F3N3O2S. The Hall–Kier alpha value is -2.68. The molecule has 3 rings (SSSR count). The highest BCUT2D eigenvalue weighted by Crippen LogP contribution is 2.37. The van der Waals surface area contributed by atoms with E-state index in [4.69, 9.17) is 0 Å². The molecule has 0 aliphatic rings. The van der Waals surface area contributed by atoms with Gasteiger partial charge in [0.15, 0.2) is 0 Å². The first-order chi connectivity index (χ1) is 12.3. The van der Waals surface area contributed by atoms with Gasteiger partial charge in [0, 0.05) is 17.3 Å². The quantitative estimate of drug-likeness (QED) is 0.700. The predicted octanol–water partition coefficient (Wildman–Crippen LogP) is 3.71. The number of benzene rings is 1. The number of thioether (sulfide) groups is 1. The Morgan fingerprint density at radius 1 is 1.12 bits per heavy atom. The van der Waals surface area contributed by atoms with E-state index in [-0.39, 0.29) is 34.8 Å². The van der Waals surface area contributed by atoms with E-state index in [0.29, 0.717) is 5.69 Å². The molecule has 0 atom stereocenters. The topological polar surface area (TPSA) is 60.1 Å². The van der Waals surface area contributed by atoms with Gasteiger partial charge >= 0.3 is 11.2 Å². The van der Waals surface area contributed by atoms with Crippen molar-refractivity contribution in [2.45, 2.75) is 23.9 Å². The third-order valence-electron chi connectivity index (χ3n) is 3.78. The number of aromatic hydroxyl groups is 1. The summed E-state index contributed by atoms with van der Waals surface area (Å²) >= 11 is -0.238. The summed E-state index contributed by atoms with van der Waals surface area (Å²) in [6.45, 7) is 1.85. The fraction of sp³-hybridized carbons (Fsp3) is 0.176. The maximum absolute atomic E-state index is 12.7. The van der Waals surface area contributed by atoms with Crippen LogP contribution in [0.3, 0.4) is 0 Å². The van der Waals surface area contributed by atoms with Crippen LogP contribution in [0.1, 0.15) is 11.3 Å². The van der Waals surface area contributed by atoms with Crippen molar-refractivity contribution >= 4 is 11.8 Å². The summed E-state index contributed by atoms with van der Waals surface area (Å²) in [5.41, 5.74) is -3.38. The average Bonchev–Trinajstić information content (AvgIpc) is 2.79. The second-order valence-electron chi connectivity index (χ2n) is 5.51. The molecule has 0 bridgehead atoms. The number of hydrogen-bond acceptors (Lipinski definition) is 4. The third-order valence-corrected chi connectivity index (χ3v) is 4.52. The first-order valence-corrected chi connectivity index (χ1v) is 8.34. The van der Waals surface area contributed by atoms with Crippen LogP contribution >= 0.6 is 11.8 Å². The summed E-state index contributed by atoms with van der Waals surface area (Å²) in [4.78, 5) is 16.6. The summed E-state index contributed by atoms with van der Waals surface area (Å²) in [5.74, 6) is -0.250. The third kappa shape index (κ3) is 3.77. The molecule has 0 fully saturated rings. The lowest BCUT2D eigenvalue weighted by molar-refractivity contribution is -0.0328. The number of aromatic nitrogens is 3. The zero-order valence-electron chi connectivity index (χ0n) is 13.6. The lowest BCUT2D eigenvalue weighted by Gasteiger charge is -2.07. The van der Waals surface area contributed by atoms with Crippen LogP contribution in [0.4, 0.5) is 13.2 Å². The first kappa shape index (κ1) is 18.1. The van der Waals surface area contributed by atoms with Crippen molar-refractivity contribution in [3.63, 3.8) is 0 Å². The van der Waals surface area contributed by atoms with Gasteiger partial charge in [0.25, 0.3) is 0 Å². The molecule has 0 aliphatic heterocycles. The van der Waals surface area contributed by atoms with E-state index in [2.05, 4.69) is 4.98 Å². The molecule has 0 saturated heterocycles. The van der Waals surface area contributed by atoms with Gasteiger partial charge < -0.3 is 5.11 Å². The highest BCUT2D eigenvalue weighted by molar-refractivity contribution is 8.00. The fourth-order valence-electron chi connectivity index (χ4n) is 2.52. The van der Waals surface area contributed by atoms with Gasteiger partial charge in [-0.15, -0.1) is 0 Å². The van der Waals surface area contributed by atoms with Gasteiger partial charge in [-0.1, -0.05) is 0 Å². The predicted molar refractivity (Wildman–Crippen MR) is 91.7 cm³/mol. The summed E-state index contributed by atoms with van der Waals surface area (Å²) in [6, 6.07) is 8.76. The smallest absolute Gasteiger partial charge is 0.446 e. The Balaban J connectivity index is 1.96. The number of rotatable bonds is 4. The van der Waals surface area contributed by atoms with Crippen LogP contribution in [0.5, 0.6) is 5.88 Å². The maximum atomic E-state index is 12.7. The minimum Gasteiger partial charge on any atom is -0.493 e. The van der Waals surface area contributed by atoms with Gasteiger partial charge in [0.05, 0.1) is 17.9 Å². The van der Waals surface area contributed by atoms with Crippen LogP contribution in [0.15, 0.2) is 58.5 Å². The molecule has 5 nitrogen and oxygen atoms in total. The fourth-order valence-corrected chi connectivity index (χ4v) is 3.06. The second-order valence-corrected chi connectivity index (χ2v) is 6.65. The maximum Gasteiger partial charge on any atom is 0.446 e. The Kier molecular flexibility index (Phi) is 4.82. The van der Waals surface area contributed by atoms with Crippen molar-refractivity contribution in [2.75, 3.05) is 0 Å². The highest BCUT2D eigenvalue weighted by Gasteiger charge is 2.29. The molecule has 1 N–H and O–H groups in total. The van der Waals surface area contributed by atoms with E-state index in [9.17, 15) is 23.1 Å². The molecule has 0 radical (unpaired) electrons. The average molecular weight is 381 g/mol. The van der Waals surface area contributed by atoms with E-state index >= 15 is 0 Å². The minimum atomic E-state index is -4.38. The molecule has 0 amide bonds. The van der Waals surface area contributed by atoms with Gasteiger partial charge in [-0.25, -0.2) is 9.36 Å². The van der Waals surface area contributed by atoms with Gasteiger partial charge in [0.1, 0.15) is 0 Å². The van der Waals surface area contributed by atoms with Gasteiger partial charge in [0.2, 0.25) is 5.88 Å². The van der Waals surface area contributed by atoms with Crippen molar-refractivity contribution in [1.29, 1.82) is 0 Å². The van der Waals surface area contributed by atoms with E-state index in [1.165, 1.54) is 28.8 Å². The zero-order valence-corrected chi connectivity index (χ0v) is 14.4.